The highest BCUT2D eigenvalue weighted by Crippen LogP contribution is 2.52. The van der Waals surface area contributed by atoms with Crippen molar-refractivity contribution in [1.82, 2.24) is 0 Å². The lowest BCUT2D eigenvalue weighted by molar-refractivity contribution is -0.738. The highest BCUT2D eigenvalue weighted by atomic mass is 16.5. The minimum Gasteiger partial charge on any atom is -0.376 e. The van der Waals surface area contributed by atoms with Crippen molar-refractivity contribution < 1.29 is 9.30 Å². The molecule has 1 saturated heterocycles. The van der Waals surface area contributed by atoms with Gasteiger partial charge in [0.2, 0.25) is 0 Å². The van der Waals surface area contributed by atoms with Crippen LogP contribution in [-0.4, -0.2) is 12.7 Å². The molecule has 0 spiro atoms. The summed E-state index contributed by atoms with van der Waals surface area (Å²) < 4.78 is 8.58. The monoisotopic (exact) mass is 250 g/mol. The summed E-state index contributed by atoms with van der Waals surface area (Å²) in [5, 5.41) is 0. The number of hydrogen-bond donors (Lipinski definition) is 0. The molecule has 2 aromatic rings. The zero-order valence-electron chi connectivity index (χ0n) is 10.7. The maximum atomic E-state index is 6.09. The van der Waals surface area contributed by atoms with Gasteiger partial charge in [-0.1, -0.05) is 30.3 Å². The average molecular weight is 250 g/mol. The molecule has 1 aromatic heterocycles. The summed E-state index contributed by atoms with van der Waals surface area (Å²) in [5.74, 6) is 1.08. The van der Waals surface area contributed by atoms with Gasteiger partial charge in [0.25, 0.3) is 0 Å². The van der Waals surface area contributed by atoms with Crippen LogP contribution < -0.4 is 4.57 Å². The standard InChI is InChI=1S/C17H16NO/c1-2-6-12-11(5-1)15-14-7-3-4-9-18(14)16(12)13-8-10-19-17(13)15/h1-7,9,13,15-17H,8,10H2/q+1/t13-,15+,16+,17-/m1/s1. The Morgan fingerprint density at radius 1 is 1.00 bits per heavy atom. The Morgan fingerprint density at radius 2 is 1.84 bits per heavy atom. The Balaban J connectivity index is 1.85. The minimum atomic E-state index is 0.391. The maximum Gasteiger partial charge on any atom is 0.192 e. The van der Waals surface area contributed by atoms with E-state index >= 15 is 0 Å². The zero-order valence-corrected chi connectivity index (χ0v) is 10.7. The van der Waals surface area contributed by atoms with E-state index in [-0.39, 0.29) is 0 Å². The third kappa shape index (κ3) is 1.14. The molecule has 4 atom stereocenters. The first kappa shape index (κ1) is 10.2. The third-order valence-electron chi connectivity index (χ3n) is 5.11. The van der Waals surface area contributed by atoms with Crippen molar-refractivity contribution in [3.8, 4) is 0 Å². The van der Waals surface area contributed by atoms with Crippen LogP contribution in [0.4, 0.5) is 0 Å². The second-order valence-corrected chi connectivity index (χ2v) is 5.87. The molecule has 2 heteroatoms. The Morgan fingerprint density at radius 3 is 2.79 bits per heavy atom. The van der Waals surface area contributed by atoms with Gasteiger partial charge in [0.1, 0.15) is 0 Å². The van der Waals surface area contributed by atoms with E-state index in [0.29, 0.717) is 24.0 Å². The van der Waals surface area contributed by atoms with Gasteiger partial charge in [-0.25, -0.2) is 0 Å². The number of pyridine rings is 1. The number of benzene rings is 1. The van der Waals surface area contributed by atoms with Gasteiger partial charge in [-0.3, -0.25) is 0 Å². The van der Waals surface area contributed by atoms with Crippen molar-refractivity contribution in [2.45, 2.75) is 24.5 Å². The predicted octanol–water partition coefficient (Wildman–Crippen LogP) is 2.43. The molecule has 2 nitrogen and oxygen atoms in total. The van der Waals surface area contributed by atoms with Crippen LogP contribution in [-0.2, 0) is 4.74 Å². The summed E-state index contributed by atoms with van der Waals surface area (Å²) in [4.78, 5) is 0. The lowest BCUT2D eigenvalue weighted by Gasteiger charge is -2.41. The van der Waals surface area contributed by atoms with E-state index < -0.39 is 0 Å². The average Bonchev–Trinajstić information content (AvgIpc) is 2.96. The van der Waals surface area contributed by atoms with Crippen LogP contribution in [0.5, 0.6) is 0 Å². The lowest BCUT2D eigenvalue weighted by atomic mass is 9.67. The van der Waals surface area contributed by atoms with E-state index in [1.807, 2.05) is 0 Å². The van der Waals surface area contributed by atoms with E-state index in [0.717, 1.165) is 6.61 Å². The fraction of sp³-hybridized carbons (Fsp3) is 0.353. The molecule has 19 heavy (non-hydrogen) atoms. The second-order valence-electron chi connectivity index (χ2n) is 5.87. The molecule has 2 bridgehead atoms. The Bertz CT molecular complexity index is 562. The fourth-order valence-electron chi connectivity index (χ4n) is 4.45. The maximum absolute atomic E-state index is 6.09. The number of rotatable bonds is 0. The molecular weight excluding hydrogens is 234 g/mol. The summed E-state index contributed by atoms with van der Waals surface area (Å²) in [6.07, 6.45) is 3.83. The topological polar surface area (TPSA) is 13.1 Å². The van der Waals surface area contributed by atoms with Gasteiger partial charge in [0, 0.05) is 24.3 Å². The highest BCUT2D eigenvalue weighted by molar-refractivity contribution is 5.43. The molecule has 0 unspecified atom stereocenters. The van der Waals surface area contributed by atoms with Crippen LogP contribution in [0.2, 0.25) is 0 Å². The first-order chi connectivity index (χ1) is 9.45. The smallest absolute Gasteiger partial charge is 0.192 e. The SMILES string of the molecule is c1ccc2c(c1)[C@H]1c3cccc[n+]3[C@@H]2[C@H]2CCO[C@@H]12. The molecule has 1 aliphatic carbocycles. The fourth-order valence-corrected chi connectivity index (χ4v) is 4.45. The van der Waals surface area contributed by atoms with Crippen molar-refractivity contribution >= 4 is 0 Å². The van der Waals surface area contributed by atoms with Gasteiger partial charge in [0.05, 0.1) is 17.9 Å². The van der Waals surface area contributed by atoms with Gasteiger partial charge in [-0.05, 0) is 12.0 Å². The van der Waals surface area contributed by atoms with Crippen LogP contribution in [0, 0.1) is 5.92 Å². The number of nitrogens with zero attached hydrogens (tertiary/aromatic N) is 1. The van der Waals surface area contributed by atoms with Gasteiger partial charge < -0.3 is 4.74 Å². The quantitative estimate of drug-likeness (QED) is 0.654. The van der Waals surface area contributed by atoms with E-state index in [1.54, 1.807) is 0 Å². The lowest BCUT2D eigenvalue weighted by Crippen LogP contribution is -2.59. The van der Waals surface area contributed by atoms with Gasteiger partial charge in [0.15, 0.2) is 17.9 Å². The van der Waals surface area contributed by atoms with Gasteiger partial charge >= 0.3 is 0 Å². The van der Waals surface area contributed by atoms with E-state index in [9.17, 15) is 0 Å². The largest absolute Gasteiger partial charge is 0.376 e. The van der Waals surface area contributed by atoms with Gasteiger partial charge in [-0.2, -0.15) is 4.57 Å². The third-order valence-corrected chi connectivity index (χ3v) is 5.11. The highest BCUT2D eigenvalue weighted by Gasteiger charge is 2.57. The normalized spacial score (nSPS) is 33.7. The van der Waals surface area contributed by atoms with Crippen LogP contribution >= 0.6 is 0 Å². The Labute approximate surface area is 112 Å². The number of ether oxygens (including phenoxy) is 1. The molecule has 1 fully saturated rings. The molecule has 1 aromatic carbocycles. The van der Waals surface area contributed by atoms with Crippen molar-refractivity contribution in [2.24, 2.45) is 5.92 Å². The molecule has 0 radical (unpaired) electrons. The number of aromatic nitrogens is 1. The van der Waals surface area contributed by atoms with E-state index in [4.69, 9.17) is 4.74 Å². The Kier molecular flexibility index (Phi) is 1.85. The molecule has 4 aliphatic rings. The summed E-state index contributed by atoms with van der Waals surface area (Å²) >= 11 is 0. The molecule has 0 N–H and O–H groups in total. The molecule has 0 saturated carbocycles. The summed E-state index contributed by atoms with van der Waals surface area (Å²) in [6, 6.07) is 16.0. The van der Waals surface area contributed by atoms with E-state index in [2.05, 4.69) is 53.2 Å². The molecule has 3 aliphatic heterocycles. The van der Waals surface area contributed by atoms with E-state index in [1.165, 1.54) is 23.2 Å². The van der Waals surface area contributed by atoms with Crippen molar-refractivity contribution in [3.05, 3.63) is 65.5 Å². The van der Waals surface area contributed by atoms with Crippen molar-refractivity contribution in [1.29, 1.82) is 0 Å². The van der Waals surface area contributed by atoms with Crippen LogP contribution in [0.1, 0.15) is 35.2 Å². The second kappa shape index (κ2) is 3.45. The summed E-state index contributed by atoms with van der Waals surface area (Å²) in [7, 11) is 0. The summed E-state index contributed by atoms with van der Waals surface area (Å²) in [6.45, 7) is 0.921. The zero-order chi connectivity index (χ0) is 12.4. The first-order valence-corrected chi connectivity index (χ1v) is 7.15. The molecule has 6 rings (SSSR count). The van der Waals surface area contributed by atoms with Crippen LogP contribution in [0.3, 0.4) is 0 Å². The molecule has 0 amide bonds. The first-order valence-electron chi connectivity index (χ1n) is 7.15. The Hall–Kier alpha value is -1.67. The van der Waals surface area contributed by atoms with Gasteiger partial charge in [-0.15, -0.1) is 0 Å². The number of hydrogen-bond acceptors (Lipinski definition) is 1. The van der Waals surface area contributed by atoms with Crippen LogP contribution in [0.15, 0.2) is 48.7 Å². The van der Waals surface area contributed by atoms with Crippen LogP contribution in [0.25, 0.3) is 0 Å². The molecule has 94 valence electrons. The summed E-state index contributed by atoms with van der Waals surface area (Å²) in [5.41, 5.74) is 4.43. The molecular formula is C17H16NO+. The molecule has 4 heterocycles. The minimum absolute atomic E-state index is 0.391. The predicted molar refractivity (Wildman–Crippen MR) is 70.9 cm³/mol. The van der Waals surface area contributed by atoms with Crippen molar-refractivity contribution in [3.63, 3.8) is 0 Å². The van der Waals surface area contributed by atoms with Crippen molar-refractivity contribution in [2.75, 3.05) is 6.61 Å².